The normalized spacial score (nSPS) is 23.2. The number of fused-ring (bicyclic) bond motifs is 1. The molecule has 1 aromatic rings. The minimum atomic E-state index is 0.873. The maximum absolute atomic E-state index is 2.32. The first-order valence-corrected chi connectivity index (χ1v) is 3.90. The Balaban J connectivity index is 2.44. The standard InChI is InChI=1S/C9H13N/c1-7-5-8-3-4-10(2)9(8)6-7/h3-4,7H,5-6H2,1-2H3. The van der Waals surface area contributed by atoms with Gasteiger partial charge in [0.25, 0.3) is 0 Å². The zero-order valence-corrected chi connectivity index (χ0v) is 6.59. The summed E-state index contributed by atoms with van der Waals surface area (Å²) in [6, 6.07) is 2.25. The maximum atomic E-state index is 2.32. The fourth-order valence-corrected chi connectivity index (χ4v) is 1.85. The van der Waals surface area contributed by atoms with Crippen LogP contribution < -0.4 is 0 Å². The molecule has 1 atom stereocenters. The number of hydrogen-bond acceptors (Lipinski definition) is 0. The van der Waals surface area contributed by atoms with E-state index in [1.807, 2.05) is 0 Å². The molecular weight excluding hydrogens is 122 g/mol. The molecule has 0 radical (unpaired) electrons. The van der Waals surface area contributed by atoms with Crippen LogP contribution in [0.25, 0.3) is 0 Å². The molecule has 2 rings (SSSR count). The summed E-state index contributed by atoms with van der Waals surface area (Å²) in [4.78, 5) is 0. The van der Waals surface area contributed by atoms with Gasteiger partial charge in [-0.25, -0.2) is 0 Å². The minimum Gasteiger partial charge on any atom is -0.354 e. The molecule has 0 spiro atoms. The molecule has 54 valence electrons. The predicted octanol–water partition coefficient (Wildman–Crippen LogP) is 1.76. The van der Waals surface area contributed by atoms with E-state index in [-0.39, 0.29) is 0 Å². The molecule has 0 N–H and O–H groups in total. The molecule has 10 heavy (non-hydrogen) atoms. The number of hydrogen-bond donors (Lipinski definition) is 0. The van der Waals surface area contributed by atoms with E-state index in [9.17, 15) is 0 Å². The molecular formula is C9H13N. The van der Waals surface area contributed by atoms with Crippen molar-refractivity contribution in [2.45, 2.75) is 19.8 Å². The Labute approximate surface area is 61.7 Å². The summed E-state index contributed by atoms with van der Waals surface area (Å²) >= 11 is 0. The smallest absolute Gasteiger partial charge is 0.0206 e. The van der Waals surface area contributed by atoms with Crippen LogP contribution in [-0.2, 0) is 19.9 Å². The average Bonchev–Trinajstić information content (AvgIpc) is 2.35. The van der Waals surface area contributed by atoms with Crippen LogP contribution in [-0.4, -0.2) is 4.57 Å². The van der Waals surface area contributed by atoms with Crippen molar-refractivity contribution < 1.29 is 0 Å². The zero-order valence-electron chi connectivity index (χ0n) is 6.59. The van der Waals surface area contributed by atoms with Crippen molar-refractivity contribution in [2.24, 2.45) is 13.0 Å². The lowest BCUT2D eigenvalue weighted by atomic mass is 10.1. The van der Waals surface area contributed by atoms with Crippen LogP contribution in [0, 0.1) is 5.92 Å². The van der Waals surface area contributed by atoms with E-state index in [0.717, 1.165) is 5.92 Å². The van der Waals surface area contributed by atoms with Gasteiger partial charge in [-0.2, -0.15) is 0 Å². The number of aryl methyl sites for hydroxylation is 1. The van der Waals surface area contributed by atoms with Crippen molar-refractivity contribution in [2.75, 3.05) is 0 Å². The Morgan fingerprint density at radius 2 is 2.30 bits per heavy atom. The van der Waals surface area contributed by atoms with Crippen molar-refractivity contribution in [1.82, 2.24) is 4.57 Å². The lowest BCUT2D eigenvalue weighted by Gasteiger charge is -1.99. The van der Waals surface area contributed by atoms with Crippen LogP contribution in [0.1, 0.15) is 18.2 Å². The molecule has 1 aliphatic rings. The molecule has 0 aliphatic heterocycles. The molecule has 0 aromatic carbocycles. The minimum absolute atomic E-state index is 0.873. The summed E-state index contributed by atoms with van der Waals surface area (Å²) in [5.41, 5.74) is 3.11. The second kappa shape index (κ2) is 1.88. The summed E-state index contributed by atoms with van der Waals surface area (Å²) in [6.45, 7) is 2.32. The fourth-order valence-electron chi connectivity index (χ4n) is 1.85. The summed E-state index contributed by atoms with van der Waals surface area (Å²) in [5, 5.41) is 0. The van der Waals surface area contributed by atoms with Crippen molar-refractivity contribution >= 4 is 0 Å². The molecule has 0 fully saturated rings. The molecule has 1 heteroatoms. The first kappa shape index (κ1) is 6.02. The Hall–Kier alpha value is -0.720. The lowest BCUT2D eigenvalue weighted by molar-refractivity contribution is 0.610. The topological polar surface area (TPSA) is 4.93 Å². The van der Waals surface area contributed by atoms with Gasteiger partial charge < -0.3 is 4.57 Å². The number of rotatable bonds is 0. The molecule has 0 saturated carbocycles. The lowest BCUT2D eigenvalue weighted by Crippen LogP contribution is -1.96. The Morgan fingerprint density at radius 3 is 3.00 bits per heavy atom. The fraction of sp³-hybridized carbons (Fsp3) is 0.556. The first-order valence-electron chi connectivity index (χ1n) is 3.90. The van der Waals surface area contributed by atoms with Gasteiger partial charge in [0.15, 0.2) is 0 Å². The van der Waals surface area contributed by atoms with Crippen molar-refractivity contribution in [1.29, 1.82) is 0 Å². The molecule has 1 aromatic heterocycles. The summed E-state index contributed by atoms with van der Waals surface area (Å²) in [5.74, 6) is 0.873. The van der Waals surface area contributed by atoms with Crippen LogP contribution in [0.15, 0.2) is 12.3 Å². The Kier molecular flexibility index (Phi) is 1.13. The third kappa shape index (κ3) is 0.698. The second-order valence-corrected chi connectivity index (χ2v) is 3.41. The Morgan fingerprint density at radius 1 is 1.50 bits per heavy atom. The third-order valence-corrected chi connectivity index (χ3v) is 2.41. The highest BCUT2D eigenvalue weighted by molar-refractivity contribution is 5.27. The van der Waals surface area contributed by atoms with Gasteiger partial charge in [-0.05, 0) is 30.4 Å². The van der Waals surface area contributed by atoms with Gasteiger partial charge in [-0.3, -0.25) is 0 Å². The van der Waals surface area contributed by atoms with E-state index in [1.54, 1.807) is 11.3 Å². The molecule has 1 aliphatic carbocycles. The van der Waals surface area contributed by atoms with Gasteiger partial charge in [0.05, 0.1) is 0 Å². The summed E-state index contributed by atoms with van der Waals surface area (Å²) < 4.78 is 2.25. The van der Waals surface area contributed by atoms with Crippen LogP contribution >= 0.6 is 0 Å². The molecule has 0 saturated heterocycles. The highest BCUT2D eigenvalue weighted by Crippen LogP contribution is 2.26. The number of aromatic nitrogens is 1. The summed E-state index contributed by atoms with van der Waals surface area (Å²) in [6.07, 6.45) is 4.73. The van der Waals surface area contributed by atoms with Crippen LogP contribution in [0.4, 0.5) is 0 Å². The van der Waals surface area contributed by atoms with Gasteiger partial charge in [0.1, 0.15) is 0 Å². The van der Waals surface area contributed by atoms with Crippen LogP contribution in [0.5, 0.6) is 0 Å². The zero-order chi connectivity index (χ0) is 7.14. The van der Waals surface area contributed by atoms with Gasteiger partial charge in [-0.15, -0.1) is 0 Å². The maximum Gasteiger partial charge on any atom is 0.0206 e. The third-order valence-electron chi connectivity index (χ3n) is 2.41. The molecule has 1 unspecified atom stereocenters. The number of nitrogens with zero attached hydrogens (tertiary/aromatic N) is 1. The van der Waals surface area contributed by atoms with Crippen molar-refractivity contribution in [3.05, 3.63) is 23.5 Å². The van der Waals surface area contributed by atoms with Crippen LogP contribution in [0.2, 0.25) is 0 Å². The van der Waals surface area contributed by atoms with Crippen molar-refractivity contribution in [3.8, 4) is 0 Å². The second-order valence-electron chi connectivity index (χ2n) is 3.41. The van der Waals surface area contributed by atoms with E-state index in [2.05, 4.69) is 30.8 Å². The van der Waals surface area contributed by atoms with Crippen molar-refractivity contribution in [3.63, 3.8) is 0 Å². The van der Waals surface area contributed by atoms with E-state index < -0.39 is 0 Å². The summed E-state index contributed by atoms with van der Waals surface area (Å²) in [7, 11) is 2.14. The predicted molar refractivity (Wildman–Crippen MR) is 42.0 cm³/mol. The Bertz CT molecular complexity index is 247. The molecule has 0 amide bonds. The van der Waals surface area contributed by atoms with Gasteiger partial charge in [-0.1, -0.05) is 6.92 Å². The molecule has 1 nitrogen and oxygen atoms in total. The van der Waals surface area contributed by atoms with E-state index in [4.69, 9.17) is 0 Å². The molecule has 0 bridgehead atoms. The van der Waals surface area contributed by atoms with Gasteiger partial charge in [0, 0.05) is 18.9 Å². The quantitative estimate of drug-likeness (QED) is 0.511. The average molecular weight is 135 g/mol. The SMILES string of the molecule is CC1Cc2ccn(C)c2C1. The van der Waals surface area contributed by atoms with Gasteiger partial charge in [0.2, 0.25) is 0 Å². The highest BCUT2D eigenvalue weighted by atomic mass is 14.9. The van der Waals surface area contributed by atoms with Crippen LogP contribution in [0.3, 0.4) is 0 Å². The molecule has 1 heterocycles. The van der Waals surface area contributed by atoms with E-state index in [0.29, 0.717) is 0 Å². The highest BCUT2D eigenvalue weighted by Gasteiger charge is 2.19. The first-order chi connectivity index (χ1) is 4.77. The monoisotopic (exact) mass is 135 g/mol. The van der Waals surface area contributed by atoms with E-state index in [1.165, 1.54) is 12.8 Å². The van der Waals surface area contributed by atoms with E-state index >= 15 is 0 Å². The largest absolute Gasteiger partial charge is 0.354 e. The van der Waals surface area contributed by atoms with Gasteiger partial charge >= 0.3 is 0 Å².